The standard InChI is InChI=1S/C43H60N4O7/c1-41(2,3)34(25-33(49)28-48)39(52)46-47(26-30-18-20-31(21-19-30)35-17-13-14-22-44-35)27-37(51)32(23-29-15-11-10-12-16-29)24-36(50)38(42(4,5)6)45-40(53)54-43(7,8)9/h10-22,32,34,37-38,48,51H,23-28H2,1-9H3,(H,45,53)(H,46,52)/t32-,34-,37+,38-/m1/s1. The lowest BCUT2D eigenvalue weighted by Gasteiger charge is -2.35. The Morgan fingerprint density at radius 3 is 1.96 bits per heavy atom. The highest BCUT2D eigenvalue weighted by Crippen LogP contribution is 2.30. The van der Waals surface area contributed by atoms with E-state index in [9.17, 15) is 29.4 Å². The SMILES string of the molecule is CC(C)(C)OC(=O)N[C@H](C(=O)C[C@@H](Cc1ccccc1)[C@@H](O)CN(Cc1ccc(-c2ccccn2)cc1)NC(=O)[C@@H](CC(=O)CO)C(C)(C)C)C(C)(C)C. The van der Waals surface area contributed by atoms with Gasteiger partial charge in [-0.1, -0.05) is 102 Å². The summed E-state index contributed by atoms with van der Waals surface area (Å²) in [6.07, 6.45) is 0.0500. The zero-order chi connectivity index (χ0) is 40.3. The van der Waals surface area contributed by atoms with Gasteiger partial charge in [-0.15, -0.1) is 0 Å². The number of nitrogens with one attached hydrogen (secondary N) is 2. The summed E-state index contributed by atoms with van der Waals surface area (Å²) in [5.74, 6) is -2.51. The number of aliphatic hydroxyl groups is 2. The van der Waals surface area contributed by atoms with Gasteiger partial charge in [0, 0.05) is 37.7 Å². The molecule has 0 aliphatic carbocycles. The summed E-state index contributed by atoms with van der Waals surface area (Å²) in [6.45, 7) is 15.9. The van der Waals surface area contributed by atoms with E-state index in [-0.39, 0.29) is 31.7 Å². The van der Waals surface area contributed by atoms with Crippen LogP contribution in [-0.2, 0) is 32.1 Å². The first-order valence-electron chi connectivity index (χ1n) is 18.6. The van der Waals surface area contributed by atoms with Crippen LogP contribution in [-0.4, -0.2) is 74.7 Å². The average Bonchev–Trinajstić information content (AvgIpc) is 3.08. The first-order chi connectivity index (χ1) is 25.2. The molecule has 1 heterocycles. The zero-order valence-electron chi connectivity index (χ0n) is 33.4. The highest BCUT2D eigenvalue weighted by molar-refractivity contribution is 5.89. The molecule has 0 radical (unpaired) electrons. The number of amides is 2. The van der Waals surface area contributed by atoms with E-state index in [4.69, 9.17) is 4.74 Å². The van der Waals surface area contributed by atoms with Gasteiger partial charge in [-0.05, 0) is 67.2 Å². The quantitative estimate of drug-likeness (QED) is 0.116. The predicted octanol–water partition coefficient (Wildman–Crippen LogP) is 6.31. The molecule has 11 nitrogen and oxygen atoms in total. The van der Waals surface area contributed by atoms with E-state index < -0.39 is 64.8 Å². The molecule has 0 saturated heterocycles. The number of ether oxygens (including phenoxy) is 1. The largest absolute Gasteiger partial charge is 0.444 e. The highest BCUT2D eigenvalue weighted by atomic mass is 16.6. The van der Waals surface area contributed by atoms with E-state index in [2.05, 4.69) is 15.7 Å². The van der Waals surface area contributed by atoms with Gasteiger partial charge in [0.2, 0.25) is 5.91 Å². The lowest BCUT2D eigenvalue weighted by atomic mass is 9.77. The highest BCUT2D eigenvalue weighted by Gasteiger charge is 2.38. The van der Waals surface area contributed by atoms with Gasteiger partial charge in [0.25, 0.3) is 0 Å². The van der Waals surface area contributed by atoms with E-state index in [0.29, 0.717) is 6.42 Å². The van der Waals surface area contributed by atoms with Crippen LogP contribution in [0.4, 0.5) is 4.79 Å². The van der Waals surface area contributed by atoms with E-state index in [1.807, 2.05) is 114 Å². The van der Waals surface area contributed by atoms with E-state index in [1.54, 1.807) is 32.0 Å². The van der Waals surface area contributed by atoms with Crippen molar-refractivity contribution in [1.29, 1.82) is 0 Å². The number of carbonyl (C=O) groups is 4. The van der Waals surface area contributed by atoms with Crippen LogP contribution >= 0.6 is 0 Å². The number of carbonyl (C=O) groups excluding carboxylic acids is 4. The lowest BCUT2D eigenvalue weighted by molar-refractivity contribution is -0.138. The van der Waals surface area contributed by atoms with Crippen molar-refractivity contribution in [1.82, 2.24) is 20.7 Å². The minimum absolute atomic E-state index is 0.0526. The molecular formula is C43H60N4O7. The molecule has 54 heavy (non-hydrogen) atoms. The molecule has 0 unspecified atom stereocenters. The molecule has 0 saturated carbocycles. The van der Waals surface area contributed by atoms with Crippen molar-refractivity contribution in [3.05, 3.63) is 90.1 Å². The minimum Gasteiger partial charge on any atom is -0.444 e. The van der Waals surface area contributed by atoms with Crippen molar-refractivity contribution in [3.8, 4) is 11.3 Å². The Labute approximate surface area is 320 Å². The molecule has 294 valence electrons. The number of benzene rings is 2. The second-order valence-electron chi connectivity index (χ2n) is 17.2. The number of hydrogen-bond acceptors (Lipinski definition) is 9. The van der Waals surface area contributed by atoms with Gasteiger partial charge in [-0.25, -0.2) is 9.80 Å². The summed E-state index contributed by atoms with van der Waals surface area (Å²) in [5.41, 5.74) is 4.42. The summed E-state index contributed by atoms with van der Waals surface area (Å²) < 4.78 is 5.48. The first-order valence-corrected chi connectivity index (χ1v) is 18.6. The van der Waals surface area contributed by atoms with Gasteiger partial charge in [0.15, 0.2) is 11.6 Å². The molecule has 2 amide bonds. The first kappa shape index (κ1) is 44.0. The third-order valence-electron chi connectivity index (χ3n) is 9.13. The fraction of sp³-hybridized carbons (Fsp3) is 0.512. The van der Waals surface area contributed by atoms with E-state index in [1.165, 1.54) is 0 Å². The van der Waals surface area contributed by atoms with Gasteiger partial charge >= 0.3 is 6.09 Å². The third-order valence-corrected chi connectivity index (χ3v) is 9.13. The van der Waals surface area contributed by atoms with Crippen molar-refractivity contribution in [3.63, 3.8) is 0 Å². The van der Waals surface area contributed by atoms with Gasteiger partial charge in [-0.3, -0.25) is 24.8 Å². The Morgan fingerprint density at radius 2 is 1.43 bits per heavy atom. The number of hydrogen-bond donors (Lipinski definition) is 4. The lowest BCUT2D eigenvalue weighted by Crippen LogP contribution is -2.53. The number of alkyl carbamates (subject to hydrolysis) is 1. The summed E-state index contributed by atoms with van der Waals surface area (Å²) >= 11 is 0. The predicted molar refractivity (Wildman–Crippen MR) is 210 cm³/mol. The van der Waals surface area contributed by atoms with Crippen LogP contribution in [0.2, 0.25) is 0 Å². The van der Waals surface area contributed by atoms with Crippen molar-refractivity contribution >= 4 is 23.6 Å². The monoisotopic (exact) mass is 744 g/mol. The number of ketones is 2. The molecule has 3 aromatic rings. The van der Waals surface area contributed by atoms with E-state index in [0.717, 1.165) is 22.4 Å². The second-order valence-corrected chi connectivity index (χ2v) is 17.2. The Kier molecular flexibility index (Phi) is 15.7. The molecule has 0 bridgehead atoms. The molecular weight excluding hydrogens is 684 g/mol. The van der Waals surface area contributed by atoms with Crippen molar-refractivity contribution in [2.75, 3.05) is 13.2 Å². The van der Waals surface area contributed by atoms with E-state index >= 15 is 0 Å². The van der Waals surface area contributed by atoms with Crippen LogP contribution in [0.3, 0.4) is 0 Å². The third kappa shape index (κ3) is 14.4. The normalized spacial score (nSPS) is 14.4. The smallest absolute Gasteiger partial charge is 0.408 e. The maximum absolute atomic E-state index is 14.1. The van der Waals surface area contributed by atoms with Crippen LogP contribution in [0.25, 0.3) is 11.3 Å². The number of aromatic nitrogens is 1. The Balaban J connectivity index is 1.96. The number of nitrogens with zero attached hydrogens (tertiary/aromatic N) is 2. The number of Topliss-reactive ketones (excluding diaryl/α,β-unsaturated/α-hetero) is 2. The molecule has 0 fully saturated rings. The maximum Gasteiger partial charge on any atom is 0.408 e. The van der Waals surface area contributed by atoms with Crippen LogP contribution in [0.15, 0.2) is 79.0 Å². The van der Waals surface area contributed by atoms with Crippen molar-refractivity contribution in [2.24, 2.45) is 22.7 Å². The van der Waals surface area contributed by atoms with Gasteiger partial charge < -0.3 is 20.3 Å². The molecule has 0 aliphatic rings. The molecule has 0 spiro atoms. The number of pyridine rings is 1. The number of hydrazine groups is 1. The van der Waals surface area contributed by atoms with Gasteiger partial charge in [0.05, 0.1) is 23.8 Å². The molecule has 4 atom stereocenters. The molecule has 1 aromatic heterocycles. The molecule has 4 N–H and O–H groups in total. The number of rotatable bonds is 17. The van der Waals surface area contributed by atoms with Crippen molar-refractivity contribution in [2.45, 2.75) is 106 Å². The van der Waals surface area contributed by atoms with Crippen molar-refractivity contribution < 1.29 is 34.1 Å². The fourth-order valence-corrected chi connectivity index (χ4v) is 6.22. The Morgan fingerprint density at radius 1 is 0.796 bits per heavy atom. The summed E-state index contributed by atoms with van der Waals surface area (Å²) in [6, 6.07) is 22.0. The van der Waals surface area contributed by atoms with Crippen LogP contribution in [0, 0.1) is 22.7 Å². The van der Waals surface area contributed by atoms with Gasteiger partial charge in [0.1, 0.15) is 12.2 Å². The molecule has 0 aliphatic heterocycles. The Bertz CT molecular complexity index is 1660. The minimum atomic E-state index is -1.11. The molecule has 11 heteroatoms. The van der Waals surface area contributed by atoms with Crippen LogP contribution in [0.5, 0.6) is 0 Å². The van der Waals surface area contributed by atoms with Crippen LogP contribution < -0.4 is 10.7 Å². The topological polar surface area (TPSA) is 158 Å². The molecule has 3 rings (SSSR count). The summed E-state index contributed by atoms with van der Waals surface area (Å²) in [7, 11) is 0. The Hall–Kier alpha value is -4.45. The summed E-state index contributed by atoms with van der Waals surface area (Å²) in [5, 5.41) is 25.9. The summed E-state index contributed by atoms with van der Waals surface area (Å²) in [4.78, 5) is 57.6. The molecule has 2 aromatic carbocycles. The zero-order valence-corrected chi connectivity index (χ0v) is 33.4. The second kappa shape index (κ2) is 19.2. The maximum atomic E-state index is 14.1. The average molecular weight is 745 g/mol. The van der Waals surface area contributed by atoms with Gasteiger partial charge in [-0.2, -0.15) is 0 Å². The number of aliphatic hydroxyl groups excluding tert-OH is 2. The van der Waals surface area contributed by atoms with Crippen LogP contribution in [0.1, 0.15) is 86.3 Å². The fourth-order valence-electron chi connectivity index (χ4n) is 6.22.